The van der Waals surface area contributed by atoms with E-state index in [2.05, 4.69) is 5.32 Å². The van der Waals surface area contributed by atoms with Gasteiger partial charge in [0.2, 0.25) is 5.91 Å². The van der Waals surface area contributed by atoms with E-state index in [4.69, 9.17) is 5.73 Å². The first-order valence-corrected chi connectivity index (χ1v) is 7.81. The molecule has 6 heteroatoms. The highest BCUT2D eigenvalue weighted by atomic mass is 19.4. The molecule has 0 aliphatic heterocycles. The molecule has 130 valence electrons. The summed E-state index contributed by atoms with van der Waals surface area (Å²) in [5, 5.41) is 2.74. The van der Waals surface area contributed by atoms with Crippen LogP contribution in [0.15, 0.2) is 24.3 Å². The van der Waals surface area contributed by atoms with Crippen molar-refractivity contribution in [3.05, 3.63) is 35.4 Å². The summed E-state index contributed by atoms with van der Waals surface area (Å²) in [7, 11) is 0. The molecule has 1 aromatic rings. The van der Waals surface area contributed by atoms with Crippen LogP contribution in [0.2, 0.25) is 0 Å². The summed E-state index contributed by atoms with van der Waals surface area (Å²) in [6, 6.07) is 4.33. The molecule has 0 bridgehead atoms. The molecule has 0 aliphatic carbocycles. The lowest BCUT2D eigenvalue weighted by Crippen LogP contribution is -2.48. The molecule has 0 aliphatic rings. The Morgan fingerprint density at radius 3 is 2.30 bits per heavy atom. The van der Waals surface area contributed by atoms with Crippen LogP contribution in [0.25, 0.3) is 0 Å². The van der Waals surface area contributed by atoms with Gasteiger partial charge in [0.05, 0.1) is 11.6 Å². The van der Waals surface area contributed by atoms with Crippen molar-refractivity contribution in [1.29, 1.82) is 0 Å². The van der Waals surface area contributed by atoms with Crippen LogP contribution in [0.3, 0.4) is 0 Å². The summed E-state index contributed by atoms with van der Waals surface area (Å²) in [6.07, 6.45) is -3.66. The quantitative estimate of drug-likeness (QED) is 0.836. The number of benzene rings is 1. The molecular weight excluding hydrogens is 305 g/mol. The normalized spacial score (nSPS) is 17.2. The SMILES string of the molecule is CCC(C)C(N)C(=O)NC(C)C(C)c1ccccc1C(F)(F)F. The van der Waals surface area contributed by atoms with Gasteiger partial charge in [0.25, 0.3) is 0 Å². The molecule has 0 aromatic heterocycles. The Morgan fingerprint density at radius 1 is 1.22 bits per heavy atom. The minimum atomic E-state index is -4.41. The van der Waals surface area contributed by atoms with Crippen molar-refractivity contribution in [2.45, 2.75) is 58.3 Å². The molecule has 23 heavy (non-hydrogen) atoms. The zero-order valence-corrected chi connectivity index (χ0v) is 13.9. The number of carbonyl (C=O) groups excluding carboxylic acids is 1. The second kappa shape index (κ2) is 7.81. The third-order valence-electron chi connectivity index (χ3n) is 4.44. The van der Waals surface area contributed by atoms with Crippen LogP contribution in [-0.4, -0.2) is 18.0 Å². The maximum atomic E-state index is 13.1. The van der Waals surface area contributed by atoms with Crippen LogP contribution >= 0.6 is 0 Å². The van der Waals surface area contributed by atoms with Crippen molar-refractivity contribution in [3.63, 3.8) is 0 Å². The minimum Gasteiger partial charge on any atom is -0.352 e. The van der Waals surface area contributed by atoms with Crippen molar-refractivity contribution in [1.82, 2.24) is 5.32 Å². The van der Waals surface area contributed by atoms with Gasteiger partial charge in [-0.25, -0.2) is 0 Å². The van der Waals surface area contributed by atoms with Crippen LogP contribution < -0.4 is 11.1 Å². The highest BCUT2D eigenvalue weighted by Crippen LogP contribution is 2.35. The Bertz CT molecular complexity index is 531. The second-order valence-electron chi connectivity index (χ2n) is 6.08. The lowest BCUT2D eigenvalue weighted by atomic mass is 9.89. The topological polar surface area (TPSA) is 55.1 Å². The van der Waals surface area contributed by atoms with E-state index in [0.29, 0.717) is 0 Å². The van der Waals surface area contributed by atoms with E-state index in [1.54, 1.807) is 19.9 Å². The van der Waals surface area contributed by atoms with Gasteiger partial charge in [-0.1, -0.05) is 45.4 Å². The molecule has 4 atom stereocenters. The van der Waals surface area contributed by atoms with E-state index >= 15 is 0 Å². The summed E-state index contributed by atoms with van der Waals surface area (Å²) >= 11 is 0. The highest BCUT2D eigenvalue weighted by Gasteiger charge is 2.35. The monoisotopic (exact) mass is 330 g/mol. The van der Waals surface area contributed by atoms with Crippen LogP contribution in [0.1, 0.15) is 51.2 Å². The summed E-state index contributed by atoms with van der Waals surface area (Å²) in [5.74, 6) is -0.802. The number of nitrogens with one attached hydrogen (secondary N) is 1. The molecule has 0 spiro atoms. The molecule has 0 heterocycles. The fourth-order valence-corrected chi connectivity index (χ4v) is 2.38. The number of alkyl halides is 3. The zero-order valence-electron chi connectivity index (χ0n) is 13.9. The van der Waals surface area contributed by atoms with E-state index in [-0.39, 0.29) is 17.4 Å². The minimum absolute atomic E-state index is 0.0139. The highest BCUT2D eigenvalue weighted by molar-refractivity contribution is 5.82. The zero-order chi connectivity index (χ0) is 17.8. The number of hydrogen-bond donors (Lipinski definition) is 2. The van der Waals surface area contributed by atoms with Gasteiger partial charge in [-0.2, -0.15) is 13.2 Å². The maximum Gasteiger partial charge on any atom is 0.416 e. The third kappa shape index (κ3) is 4.96. The molecular formula is C17H25F3N2O. The van der Waals surface area contributed by atoms with Crippen LogP contribution in [0.4, 0.5) is 13.2 Å². The Kier molecular flexibility index (Phi) is 6.62. The fourth-order valence-electron chi connectivity index (χ4n) is 2.38. The standard InChI is InChI=1S/C17H25F3N2O/c1-5-10(2)15(21)16(23)22-12(4)11(3)13-8-6-7-9-14(13)17(18,19)20/h6-12,15H,5,21H2,1-4H3,(H,22,23). The lowest BCUT2D eigenvalue weighted by molar-refractivity contribution is -0.138. The van der Waals surface area contributed by atoms with Gasteiger partial charge < -0.3 is 11.1 Å². The van der Waals surface area contributed by atoms with E-state index in [1.807, 2.05) is 13.8 Å². The molecule has 1 rings (SSSR count). The third-order valence-corrected chi connectivity index (χ3v) is 4.44. The Labute approximate surface area is 135 Å². The molecule has 0 saturated heterocycles. The molecule has 0 fully saturated rings. The van der Waals surface area contributed by atoms with E-state index in [9.17, 15) is 18.0 Å². The largest absolute Gasteiger partial charge is 0.416 e. The van der Waals surface area contributed by atoms with Crippen LogP contribution in [0.5, 0.6) is 0 Å². The summed E-state index contributed by atoms with van der Waals surface area (Å²) < 4.78 is 39.3. The summed E-state index contributed by atoms with van der Waals surface area (Å²) in [6.45, 7) is 7.17. The number of carbonyl (C=O) groups is 1. The molecule has 4 unspecified atom stereocenters. The van der Waals surface area contributed by atoms with E-state index in [0.717, 1.165) is 12.5 Å². The van der Waals surface area contributed by atoms with Crippen molar-refractivity contribution in [3.8, 4) is 0 Å². The van der Waals surface area contributed by atoms with E-state index < -0.39 is 29.7 Å². The van der Waals surface area contributed by atoms with Gasteiger partial charge in [0.1, 0.15) is 0 Å². The van der Waals surface area contributed by atoms with Gasteiger partial charge in [0.15, 0.2) is 0 Å². The van der Waals surface area contributed by atoms with Crippen molar-refractivity contribution in [2.24, 2.45) is 11.7 Å². The first-order valence-electron chi connectivity index (χ1n) is 7.81. The van der Waals surface area contributed by atoms with Gasteiger partial charge in [-0.05, 0) is 24.5 Å². The number of rotatable bonds is 6. The van der Waals surface area contributed by atoms with Gasteiger partial charge >= 0.3 is 6.18 Å². The number of nitrogens with two attached hydrogens (primary N) is 1. The second-order valence-corrected chi connectivity index (χ2v) is 6.08. The summed E-state index contributed by atoms with van der Waals surface area (Å²) in [4.78, 5) is 12.1. The van der Waals surface area contributed by atoms with E-state index in [1.165, 1.54) is 12.1 Å². The molecule has 0 radical (unpaired) electrons. The van der Waals surface area contributed by atoms with Crippen LogP contribution in [-0.2, 0) is 11.0 Å². The van der Waals surface area contributed by atoms with Crippen molar-refractivity contribution >= 4 is 5.91 Å². The molecule has 3 N–H and O–H groups in total. The molecule has 1 amide bonds. The first-order chi connectivity index (χ1) is 10.6. The average molecular weight is 330 g/mol. The number of hydrogen-bond acceptors (Lipinski definition) is 2. The van der Waals surface area contributed by atoms with Gasteiger partial charge in [0, 0.05) is 12.0 Å². The Hall–Kier alpha value is -1.56. The van der Waals surface area contributed by atoms with Gasteiger partial charge in [-0.15, -0.1) is 0 Å². The average Bonchev–Trinajstić information content (AvgIpc) is 2.51. The summed E-state index contributed by atoms with van der Waals surface area (Å²) in [5.41, 5.74) is 5.37. The lowest BCUT2D eigenvalue weighted by Gasteiger charge is -2.27. The molecule has 1 aromatic carbocycles. The van der Waals surface area contributed by atoms with Crippen LogP contribution in [0, 0.1) is 5.92 Å². The smallest absolute Gasteiger partial charge is 0.352 e. The number of halogens is 3. The Balaban J connectivity index is 2.90. The maximum absolute atomic E-state index is 13.1. The molecule has 0 saturated carbocycles. The van der Waals surface area contributed by atoms with Crippen molar-refractivity contribution < 1.29 is 18.0 Å². The fraction of sp³-hybridized carbons (Fsp3) is 0.588. The first kappa shape index (κ1) is 19.5. The molecule has 3 nitrogen and oxygen atoms in total. The Morgan fingerprint density at radius 2 is 1.78 bits per heavy atom. The predicted octanol–water partition coefficient (Wildman–Crippen LogP) is 3.69. The number of amides is 1. The van der Waals surface area contributed by atoms with Crippen molar-refractivity contribution in [2.75, 3.05) is 0 Å². The predicted molar refractivity (Wildman–Crippen MR) is 84.9 cm³/mol. The van der Waals surface area contributed by atoms with Gasteiger partial charge in [-0.3, -0.25) is 4.79 Å².